The first-order valence-corrected chi connectivity index (χ1v) is 13.8. The van der Waals surface area contributed by atoms with Gasteiger partial charge in [0.25, 0.3) is 11.8 Å². The summed E-state index contributed by atoms with van der Waals surface area (Å²) in [6.07, 6.45) is -4.72. The number of amides is 3. The zero-order valence-electron chi connectivity index (χ0n) is 24.4. The molecule has 0 bridgehead atoms. The van der Waals surface area contributed by atoms with Gasteiger partial charge in [0.2, 0.25) is 5.88 Å². The average Bonchev–Trinajstić information content (AvgIpc) is 2.97. The number of nitrogens with one attached hydrogen (secondary N) is 1. The number of aliphatic hydroxyl groups is 1. The minimum absolute atomic E-state index is 0.0611. The highest BCUT2D eigenvalue weighted by Gasteiger charge is 2.31. The van der Waals surface area contributed by atoms with Gasteiger partial charge in [-0.2, -0.15) is 13.2 Å². The molecule has 3 amide bonds. The van der Waals surface area contributed by atoms with E-state index in [1.54, 1.807) is 49.9 Å². The van der Waals surface area contributed by atoms with Crippen molar-refractivity contribution in [2.24, 2.45) is 0 Å². The van der Waals surface area contributed by atoms with E-state index in [9.17, 15) is 32.7 Å². The fourth-order valence-electron chi connectivity index (χ4n) is 4.30. The van der Waals surface area contributed by atoms with Crippen molar-refractivity contribution in [3.8, 4) is 11.6 Å². The third kappa shape index (κ3) is 8.93. The summed E-state index contributed by atoms with van der Waals surface area (Å²) in [6.45, 7) is 6.60. The Morgan fingerprint density at radius 3 is 2.07 bits per heavy atom. The number of alkyl halides is 3. The molecule has 44 heavy (non-hydrogen) atoms. The SMILES string of the molecule is CC(C)(C)OC(=O)N1CCN(C(=O)C(O)Cc2ccc(Oc3ccc(NC(=O)c4ccc(C(F)(F)F)cc4)cn3)cc2)CC1. The van der Waals surface area contributed by atoms with Crippen LogP contribution in [-0.4, -0.2) is 75.7 Å². The average molecular weight is 615 g/mol. The summed E-state index contributed by atoms with van der Waals surface area (Å²) in [5.41, 5.74) is -0.361. The predicted molar refractivity (Wildman–Crippen MR) is 154 cm³/mol. The molecule has 0 saturated carbocycles. The van der Waals surface area contributed by atoms with Crippen molar-refractivity contribution in [2.45, 2.75) is 45.1 Å². The largest absolute Gasteiger partial charge is 0.444 e. The number of anilines is 1. The van der Waals surface area contributed by atoms with Crippen LogP contribution in [0.3, 0.4) is 0 Å². The summed E-state index contributed by atoms with van der Waals surface area (Å²) in [4.78, 5) is 44.6. The van der Waals surface area contributed by atoms with E-state index in [4.69, 9.17) is 9.47 Å². The van der Waals surface area contributed by atoms with Crippen molar-refractivity contribution < 1.29 is 42.1 Å². The van der Waals surface area contributed by atoms with Gasteiger partial charge in [-0.1, -0.05) is 12.1 Å². The van der Waals surface area contributed by atoms with Gasteiger partial charge in [0, 0.05) is 44.2 Å². The molecule has 0 aliphatic carbocycles. The van der Waals surface area contributed by atoms with Crippen LogP contribution in [0, 0.1) is 0 Å². The molecule has 10 nitrogen and oxygen atoms in total. The number of carbonyl (C=O) groups excluding carboxylic acids is 3. The maximum absolute atomic E-state index is 12.8. The van der Waals surface area contributed by atoms with Crippen LogP contribution in [0.15, 0.2) is 66.9 Å². The molecule has 3 aromatic rings. The highest BCUT2D eigenvalue weighted by Crippen LogP contribution is 2.29. The summed E-state index contributed by atoms with van der Waals surface area (Å²) in [7, 11) is 0. The topological polar surface area (TPSA) is 121 Å². The van der Waals surface area contributed by atoms with Gasteiger partial charge in [-0.15, -0.1) is 0 Å². The quantitative estimate of drug-likeness (QED) is 0.379. The maximum Gasteiger partial charge on any atom is 0.416 e. The number of aromatic nitrogens is 1. The van der Waals surface area contributed by atoms with E-state index in [1.807, 2.05) is 0 Å². The lowest BCUT2D eigenvalue weighted by Gasteiger charge is -2.36. The van der Waals surface area contributed by atoms with Crippen molar-refractivity contribution in [1.82, 2.24) is 14.8 Å². The number of hydrogen-bond acceptors (Lipinski definition) is 7. The van der Waals surface area contributed by atoms with E-state index < -0.39 is 41.4 Å². The standard InChI is InChI=1S/C31H33F3N4O6/c1-30(2,3)44-29(42)38-16-14-37(15-17-38)28(41)25(39)18-20-4-11-24(12-5-20)43-26-13-10-23(19-35-26)36-27(40)21-6-8-22(9-7-21)31(32,33)34/h4-13,19,25,39H,14-18H2,1-3H3,(H,36,40). The van der Waals surface area contributed by atoms with Crippen LogP contribution in [0.25, 0.3) is 0 Å². The second-order valence-electron chi connectivity index (χ2n) is 11.2. The van der Waals surface area contributed by atoms with E-state index in [0.29, 0.717) is 43.2 Å². The maximum atomic E-state index is 12.8. The smallest absolute Gasteiger partial charge is 0.416 e. The molecule has 2 aromatic carbocycles. The van der Waals surface area contributed by atoms with Crippen molar-refractivity contribution in [2.75, 3.05) is 31.5 Å². The lowest BCUT2D eigenvalue weighted by atomic mass is 10.1. The Bertz CT molecular complexity index is 1450. The van der Waals surface area contributed by atoms with E-state index in [0.717, 1.165) is 24.3 Å². The molecule has 4 rings (SSSR count). The number of carbonyl (C=O) groups is 3. The van der Waals surface area contributed by atoms with Gasteiger partial charge in [0.15, 0.2) is 0 Å². The summed E-state index contributed by atoms with van der Waals surface area (Å²) in [5.74, 6) is -0.328. The Labute approximate surface area is 252 Å². The van der Waals surface area contributed by atoms with Gasteiger partial charge in [-0.3, -0.25) is 9.59 Å². The second kappa shape index (κ2) is 13.3. The highest BCUT2D eigenvalue weighted by molar-refractivity contribution is 6.04. The number of benzene rings is 2. The zero-order valence-corrected chi connectivity index (χ0v) is 24.4. The number of aliphatic hydroxyl groups excluding tert-OH is 1. The minimum atomic E-state index is -4.49. The van der Waals surface area contributed by atoms with Gasteiger partial charge in [-0.05, 0) is 68.8 Å². The van der Waals surface area contributed by atoms with Crippen molar-refractivity contribution in [3.63, 3.8) is 0 Å². The Morgan fingerprint density at radius 1 is 0.909 bits per heavy atom. The van der Waals surface area contributed by atoms with Crippen LogP contribution in [0.2, 0.25) is 0 Å². The molecular weight excluding hydrogens is 581 g/mol. The molecule has 1 saturated heterocycles. The third-order valence-electron chi connectivity index (χ3n) is 6.57. The molecule has 0 radical (unpaired) electrons. The molecule has 1 atom stereocenters. The number of rotatable bonds is 7. The summed E-state index contributed by atoms with van der Waals surface area (Å²) in [6, 6.07) is 13.7. The third-order valence-corrected chi connectivity index (χ3v) is 6.57. The van der Waals surface area contributed by atoms with Crippen LogP contribution in [0.5, 0.6) is 11.6 Å². The van der Waals surface area contributed by atoms with Crippen molar-refractivity contribution in [1.29, 1.82) is 0 Å². The lowest BCUT2D eigenvalue weighted by molar-refractivity contribution is -0.142. The number of ether oxygens (including phenoxy) is 2. The van der Waals surface area contributed by atoms with Gasteiger partial charge < -0.3 is 29.7 Å². The van der Waals surface area contributed by atoms with E-state index >= 15 is 0 Å². The Balaban J connectivity index is 1.24. The summed E-state index contributed by atoms with van der Waals surface area (Å²) >= 11 is 0. The first kappa shape index (κ1) is 32.3. The molecule has 13 heteroatoms. The molecule has 2 N–H and O–H groups in total. The molecule has 1 aliphatic rings. The highest BCUT2D eigenvalue weighted by atomic mass is 19.4. The van der Waals surface area contributed by atoms with E-state index in [-0.39, 0.29) is 17.9 Å². The molecule has 1 aliphatic heterocycles. The Morgan fingerprint density at radius 2 is 1.52 bits per heavy atom. The fourth-order valence-corrected chi connectivity index (χ4v) is 4.30. The van der Waals surface area contributed by atoms with E-state index in [1.165, 1.54) is 23.2 Å². The normalized spacial score (nSPS) is 14.5. The lowest BCUT2D eigenvalue weighted by Crippen LogP contribution is -2.53. The zero-order chi connectivity index (χ0) is 32.1. The van der Waals surface area contributed by atoms with Gasteiger partial charge in [0.1, 0.15) is 17.5 Å². The van der Waals surface area contributed by atoms with Crippen LogP contribution < -0.4 is 10.1 Å². The van der Waals surface area contributed by atoms with Crippen molar-refractivity contribution >= 4 is 23.6 Å². The Kier molecular flexibility index (Phi) is 9.78. The van der Waals surface area contributed by atoms with Gasteiger partial charge in [0.05, 0.1) is 17.4 Å². The second-order valence-corrected chi connectivity index (χ2v) is 11.2. The first-order valence-electron chi connectivity index (χ1n) is 13.8. The van der Waals surface area contributed by atoms with Crippen LogP contribution >= 0.6 is 0 Å². The summed E-state index contributed by atoms with van der Waals surface area (Å²) < 4.78 is 49.3. The van der Waals surface area contributed by atoms with Gasteiger partial charge >= 0.3 is 12.3 Å². The molecule has 234 valence electrons. The monoisotopic (exact) mass is 614 g/mol. The van der Waals surface area contributed by atoms with Gasteiger partial charge in [-0.25, -0.2) is 9.78 Å². The number of hydrogen-bond donors (Lipinski definition) is 2. The van der Waals surface area contributed by atoms with Crippen LogP contribution in [0.1, 0.15) is 42.3 Å². The Hall–Kier alpha value is -4.65. The fraction of sp³-hybridized carbons (Fsp3) is 0.355. The molecule has 0 spiro atoms. The molecule has 1 aromatic heterocycles. The van der Waals surface area contributed by atoms with Crippen LogP contribution in [0.4, 0.5) is 23.7 Å². The van der Waals surface area contributed by atoms with Crippen LogP contribution in [-0.2, 0) is 22.1 Å². The first-order chi connectivity index (χ1) is 20.7. The number of halogens is 3. The molecule has 1 fully saturated rings. The number of pyridine rings is 1. The predicted octanol–water partition coefficient (Wildman–Crippen LogP) is 5.13. The molecule has 1 unspecified atom stereocenters. The number of piperazine rings is 1. The minimum Gasteiger partial charge on any atom is -0.444 e. The molecule has 2 heterocycles. The molecular formula is C31H33F3N4O6. The summed E-state index contributed by atoms with van der Waals surface area (Å²) in [5, 5.41) is 13.1. The van der Waals surface area contributed by atoms with E-state index in [2.05, 4.69) is 10.3 Å². The number of nitrogens with zero attached hydrogens (tertiary/aromatic N) is 3. The van der Waals surface area contributed by atoms with Crippen molar-refractivity contribution in [3.05, 3.63) is 83.6 Å².